The van der Waals surface area contributed by atoms with Crippen LogP contribution in [-0.2, 0) is 65.4 Å². The minimum atomic E-state index is -4.96. The molecule has 0 spiro atoms. The van der Waals surface area contributed by atoms with Crippen LogP contribution in [-0.4, -0.2) is 96.7 Å². The molecular formula is C77H150O17P2. The van der Waals surface area contributed by atoms with Gasteiger partial charge in [0.15, 0.2) is 12.2 Å². The van der Waals surface area contributed by atoms with Crippen LogP contribution in [0, 0.1) is 23.7 Å². The highest BCUT2D eigenvalue weighted by molar-refractivity contribution is 7.47. The molecule has 0 aliphatic heterocycles. The highest BCUT2D eigenvalue weighted by Crippen LogP contribution is 2.45. The van der Waals surface area contributed by atoms with Crippen LogP contribution in [0.25, 0.3) is 0 Å². The SMILES string of the molecule is CCC(C)CCCCCCCCCCCCCCCCC(=O)O[C@H](COC(=O)CCCCCCCCC(C)C)COP(=O)(O)OC[C@H](O)COP(=O)(O)OC[C@@H](COC(=O)CCCCCCCCC(C)CC)OC(=O)CCCCCCCCCCCCCCCCCCC(C)C. The number of rotatable bonds is 74. The highest BCUT2D eigenvalue weighted by Gasteiger charge is 2.30. The number of carbonyl (C=O) groups excluding carboxylic acids is 4. The minimum Gasteiger partial charge on any atom is -0.462 e. The normalized spacial score (nSPS) is 14.7. The van der Waals surface area contributed by atoms with Crippen LogP contribution in [0.15, 0.2) is 0 Å². The number of esters is 4. The van der Waals surface area contributed by atoms with E-state index in [9.17, 15) is 43.2 Å². The van der Waals surface area contributed by atoms with E-state index in [-0.39, 0.29) is 25.7 Å². The molecule has 0 saturated heterocycles. The number of aliphatic hydroxyl groups excluding tert-OH is 1. The maximum absolute atomic E-state index is 13.1. The summed E-state index contributed by atoms with van der Waals surface area (Å²) in [5.74, 6) is 0.942. The third kappa shape index (κ3) is 67.9. The molecule has 0 bridgehead atoms. The van der Waals surface area contributed by atoms with Crippen molar-refractivity contribution in [2.24, 2.45) is 23.7 Å². The fourth-order valence-electron chi connectivity index (χ4n) is 11.7. The minimum absolute atomic E-state index is 0.106. The summed E-state index contributed by atoms with van der Waals surface area (Å²) in [5, 5.41) is 10.6. The summed E-state index contributed by atoms with van der Waals surface area (Å²) in [4.78, 5) is 72.8. The Hall–Kier alpha value is -1.94. The van der Waals surface area contributed by atoms with Gasteiger partial charge in [0.1, 0.15) is 19.3 Å². The molecule has 0 aromatic carbocycles. The molecule has 0 aromatic rings. The first kappa shape index (κ1) is 94.1. The average molecular weight is 1410 g/mol. The van der Waals surface area contributed by atoms with Crippen molar-refractivity contribution in [3.8, 4) is 0 Å². The molecule has 0 aromatic heterocycles. The van der Waals surface area contributed by atoms with E-state index in [1.54, 1.807) is 0 Å². The third-order valence-corrected chi connectivity index (χ3v) is 20.4. The molecule has 570 valence electrons. The molecule has 0 aliphatic rings. The number of hydrogen-bond donors (Lipinski definition) is 3. The van der Waals surface area contributed by atoms with Gasteiger partial charge in [-0.1, -0.05) is 338 Å². The van der Waals surface area contributed by atoms with Gasteiger partial charge in [0.2, 0.25) is 0 Å². The Morgan fingerprint density at radius 3 is 0.740 bits per heavy atom. The highest BCUT2D eigenvalue weighted by atomic mass is 31.2. The lowest BCUT2D eigenvalue weighted by molar-refractivity contribution is -0.161. The van der Waals surface area contributed by atoms with E-state index in [0.29, 0.717) is 31.6 Å². The van der Waals surface area contributed by atoms with Crippen molar-refractivity contribution in [1.82, 2.24) is 0 Å². The van der Waals surface area contributed by atoms with Gasteiger partial charge < -0.3 is 33.8 Å². The Labute approximate surface area is 588 Å². The summed E-state index contributed by atoms with van der Waals surface area (Å²) in [6, 6.07) is 0. The van der Waals surface area contributed by atoms with E-state index in [2.05, 4.69) is 55.4 Å². The number of ether oxygens (including phenoxy) is 4. The molecule has 0 amide bonds. The number of aliphatic hydroxyl groups is 1. The van der Waals surface area contributed by atoms with Gasteiger partial charge in [0.25, 0.3) is 0 Å². The maximum atomic E-state index is 13.1. The molecule has 0 aliphatic carbocycles. The second-order valence-corrected chi connectivity index (χ2v) is 32.1. The van der Waals surface area contributed by atoms with Gasteiger partial charge in [-0.05, 0) is 49.4 Å². The van der Waals surface area contributed by atoms with Crippen molar-refractivity contribution in [3.63, 3.8) is 0 Å². The monoisotopic (exact) mass is 1410 g/mol. The molecule has 7 atom stereocenters. The third-order valence-electron chi connectivity index (χ3n) is 18.5. The number of phosphoric acid groups is 2. The number of hydrogen-bond acceptors (Lipinski definition) is 15. The average Bonchev–Trinajstić information content (AvgIpc) is 1.13. The first-order valence-corrected chi connectivity index (χ1v) is 42.8. The molecule has 17 nitrogen and oxygen atoms in total. The van der Waals surface area contributed by atoms with Crippen LogP contribution in [0.5, 0.6) is 0 Å². The van der Waals surface area contributed by atoms with Crippen LogP contribution in [0.2, 0.25) is 0 Å². The zero-order valence-electron chi connectivity index (χ0n) is 63.0. The van der Waals surface area contributed by atoms with Crippen molar-refractivity contribution in [2.75, 3.05) is 39.6 Å². The molecule has 19 heteroatoms. The fraction of sp³-hybridized carbons (Fsp3) is 0.948. The predicted octanol–water partition coefficient (Wildman–Crippen LogP) is 22.4. The van der Waals surface area contributed by atoms with Gasteiger partial charge in [-0.2, -0.15) is 0 Å². The van der Waals surface area contributed by atoms with Crippen molar-refractivity contribution < 1.29 is 80.2 Å². The zero-order valence-corrected chi connectivity index (χ0v) is 64.8. The van der Waals surface area contributed by atoms with Gasteiger partial charge >= 0.3 is 39.5 Å². The summed E-state index contributed by atoms with van der Waals surface area (Å²) in [6.07, 6.45) is 51.5. The Bertz CT molecular complexity index is 1890. The molecule has 0 rings (SSSR count). The van der Waals surface area contributed by atoms with Crippen LogP contribution < -0.4 is 0 Å². The molecule has 0 heterocycles. The Kier molecular flexibility index (Phi) is 65.0. The second kappa shape index (κ2) is 66.3. The van der Waals surface area contributed by atoms with Crippen LogP contribution in [0.4, 0.5) is 0 Å². The van der Waals surface area contributed by atoms with Crippen LogP contribution >= 0.6 is 15.6 Å². The first-order chi connectivity index (χ1) is 46.2. The van der Waals surface area contributed by atoms with Crippen LogP contribution in [0.3, 0.4) is 0 Å². The summed E-state index contributed by atoms with van der Waals surface area (Å²) in [6.45, 7) is 14.2. The summed E-state index contributed by atoms with van der Waals surface area (Å²) >= 11 is 0. The van der Waals surface area contributed by atoms with Crippen LogP contribution in [0.1, 0.15) is 389 Å². The lowest BCUT2D eigenvalue weighted by atomic mass is 9.99. The van der Waals surface area contributed by atoms with Crippen molar-refractivity contribution in [1.29, 1.82) is 0 Å². The van der Waals surface area contributed by atoms with E-state index >= 15 is 0 Å². The van der Waals surface area contributed by atoms with Crippen molar-refractivity contribution >= 4 is 39.5 Å². The Morgan fingerprint density at radius 2 is 0.500 bits per heavy atom. The van der Waals surface area contributed by atoms with E-state index in [1.807, 2.05) is 0 Å². The topological polar surface area (TPSA) is 237 Å². The largest absolute Gasteiger partial charge is 0.472 e. The smallest absolute Gasteiger partial charge is 0.462 e. The Morgan fingerprint density at radius 1 is 0.292 bits per heavy atom. The van der Waals surface area contributed by atoms with Gasteiger partial charge in [0, 0.05) is 25.7 Å². The molecule has 3 N–H and O–H groups in total. The quantitative estimate of drug-likeness (QED) is 0.0222. The van der Waals surface area contributed by atoms with Crippen molar-refractivity contribution in [2.45, 2.75) is 408 Å². The molecule has 0 fully saturated rings. The van der Waals surface area contributed by atoms with E-state index < -0.39 is 97.5 Å². The summed E-state index contributed by atoms with van der Waals surface area (Å²) in [5.41, 5.74) is 0. The fourth-order valence-corrected chi connectivity index (χ4v) is 13.2. The van der Waals surface area contributed by atoms with Gasteiger partial charge in [-0.15, -0.1) is 0 Å². The van der Waals surface area contributed by atoms with Gasteiger partial charge in [0.05, 0.1) is 26.4 Å². The second-order valence-electron chi connectivity index (χ2n) is 29.2. The first-order valence-electron chi connectivity index (χ1n) is 39.8. The molecule has 4 unspecified atom stereocenters. The van der Waals surface area contributed by atoms with Gasteiger partial charge in [-0.3, -0.25) is 37.3 Å². The zero-order chi connectivity index (χ0) is 71.0. The molecule has 0 radical (unpaired) electrons. The number of unbranched alkanes of at least 4 members (excludes halogenated alkanes) is 38. The predicted molar refractivity (Wildman–Crippen MR) is 391 cm³/mol. The molecule has 0 saturated carbocycles. The molecular weight excluding hydrogens is 1260 g/mol. The van der Waals surface area contributed by atoms with Crippen molar-refractivity contribution in [3.05, 3.63) is 0 Å². The number of phosphoric ester groups is 2. The summed E-state index contributed by atoms with van der Waals surface area (Å²) < 4.78 is 68.5. The lowest BCUT2D eigenvalue weighted by Gasteiger charge is -2.21. The molecule has 96 heavy (non-hydrogen) atoms. The maximum Gasteiger partial charge on any atom is 0.472 e. The van der Waals surface area contributed by atoms with E-state index in [4.69, 9.17) is 37.0 Å². The van der Waals surface area contributed by atoms with Gasteiger partial charge in [-0.25, -0.2) is 9.13 Å². The number of carbonyl (C=O) groups is 4. The summed E-state index contributed by atoms with van der Waals surface area (Å²) in [7, 11) is -9.91. The standard InChI is InChI=1S/C77H150O17P2/c1-9-69(7)55-47-39-30-26-22-18-15-16-20-24-28-32-44-52-60-76(81)93-72(63-87-74(79)57-49-41-35-33-38-46-54-68(5)6)65-91-95(83,84)89-61-71(78)62-90-96(85,86)92-66-73(64-88-75(80)58-50-42-36-34-40-48-56-70(8)10-2)94-77(82)59-51-43-31-27-23-19-14-12-11-13-17-21-25-29-37-45-53-67(3)4/h67-73,78H,9-66H2,1-8H3,(H,83,84)(H,85,86)/t69?,70?,71-,72+,73+/m0/s1. The lowest BCUT2D eigenvalue weighted by Crippen LogP contribution is -2.30. The van der Waals surface area contributed by atoms with E-state index in [1.165, 1.54) is 180 Å². The van der Waals surface area contributed by atoms with E-state index in [0.717, 1.165) is 120 Å². The Balaban J connectivity index is 5.18.